The summed E-state index contributed by atoms with van der Waals surface area (Å²) in [4.78, 5) is 13.1. The minimum Gasteiger partial charge on any atom is -0.397 e. The molecule has 0 bridgehead atoms. The molecule has 4 heteroatoms. The third-order valence-electron chi connectivity index (χ3n) is 2.96. The molecule has 3 nitrogen and oxygen atoms in total. The van der Waals surface area contributed by atoms with Crippen LogP contribution in [-0.2, 0) is 4.79 Å². The van der Waals surface area contributed by atoms with Gasteiger partial charge in [0.2, 0.25) is 5.91 Å². The highest BCUT2D eigenvalue weighted by atomic mass is 32.2. The van der Waals surface area contributed by atoms with Gasteiger partial charge >= 0.3 is 0 Å². The number of hydrogen-bond donors (Lipinski definition) is 2. The normalized spacial score (nSPS) is 10.3. The molecule has 0 unspecified atom stereocenters. The third kappa shape index (κ3) is 3.78. The number of nitrogen functional groups attached to an aromatic ring is 1. The van der Waals surface area contributed by atoms with Crippen molar-refractivity contribution >= 4 is 29.0 Å². The highest BCUT2D eigenvalue weighted by Crippen LogP contribution is 2.23. The standard InChI is InChI=1S/C16H18N2OS/c1-11-6-8-13(9-7-11)20-10-15(19)18-16-12(2)4-3-5-14(16)17/h3-9H,10,17H2,1-2H3,(H,18,19). The minimum absolute atomic E-state index is 0.0448. The van der Waals surface area contributed by atoms with Gasteiger partial charge in [-0.15, -0.1) is 11.8 Å². The number of para-hydroxylation sites is 1. The molecule has 0 aromatic heterocycles. The molecular weight excluding hydrogens is 268 g/mol. The van der Waals surface area contributed by atoms with Crippen molar-refractivity contribution in [1.29, 1.82) is 0 Å². The Morgan fingerprint density at radius 2 is 1.85 bits per heavy atom. The Balaban J connectivity index is 1.94. The van der Waals surface area contributed by atoms with Crippen LogP contribution in [0, 0.1) is 13.8 Å². The molecule has 2 aromatic carbocycles. The van der Waals surface area contributed by atoms with E-state index in [0.29, 0.717) is 17.1 Å². The van der Waals surface area contributed by atoms with E-state index >= 15 is 0 Å². The summed E-state index contributed by atoms with van der Waals surface area (Å²) in [5.41, 5.74) is 9.36. The first kappa shape index (κ1) is 14.5. The van der Waals surface area contributed by atoms with E-state index in [9.17, 15) is 4.79 Å². The third-order valence-corrected chi connectivity index (χ3v) is 3.97. The smallest absolute Gasteiger partial charge is 0.234 e. The number of nitrogens with two attached hydrogens (primary N) is 1. The number of amides is 1. The predicted octanol–water partition coefficient (Wildman–Crippen LogP) is 3.62. The fourth-order valence-electron chi connectivity index (χ4n) is 1.82. The number of nitrogens with one attached hydrogen (secondary N) is 1. The molecule has 0 heterocycles. The van der Waals surface area contributed by atoms with Crippen molar-refractivity contribution in [3.63, 3.8) is 0 Å². The highest BCUT2D eigenvalue weighted by Gasteiger charge is 2.08. The van der Waals surface area contributed by atoms with Crippen LogP contribution < -0.4 is 11.1 Å². The molecule has 2 aromatic rings. The molecule has 3 N–H and O–H groups in total. The van der Waals surface area contributed by atoms with Crippen LogP contribution in [0.4, 0.5) is 11.4 Å². The maximum Gasteiger partial charge on any atom is 0.234 e. The first-order valence-electron chi connectivity index (χ1n) is 6.40. The van der Waals surface area contributed by atoms with Gasteiger partial charge in [0.05, 0.1) is 17.1 Å². The second-order valence-electron chi connectivity index (χ2n) is 4.69. The quantitative estimate of drug-likeness (QED) is 0.667. The van der Waals surface area contributed by atoms with Crippen molar-refractivity contribution in [2.75, 3.05) is 16.8 Å². The van der Waals surface area contributed by atoms with Crippen LogP contribution in [0.1, 0.15) is 11.1 Å². The Morgan fingerprint density at radius 3 is 2.50 bits per heavy atom. The molecule has 2 rings (SSSR count). The maximum atomic E-state index is 12.0. The molecule has 0 aliphatic rings. The molecule has 0 fully saturated rings. The number of carbonyl (C=O) groups excluding carboxylic acids is 1. The minimum atomic E-state index is -0.0448. The Hall–Kier alpha value is -1.94. The summed E-state index contributed by atoms with van der Waals surface area (Å²) in [7, 11) is 0. The number of aryl methyl sites for hydroxylation is 2. The summed E-state index contributed by atoms with van der Waals surface area (Å²) >= 11 is 1.52. The van der Waals surface area contributed by atoms with Crippen LogP contribution in [0.15, 0.2) is 47.4 Å². The van der Waals surface area contributed by atoms with E-state index in [1.807, 2.05) is 50.2 Å². The molecule has 104 valence electrons. The van der Waals surface area contributed by atoms with Gasteiger partial charge in [0, 0.05) is 4.90 Å². The van der Waals surface area contributed by atoms with E-state index in [-0.39, 0.29) is 5.91 Å². The maximum absolute atomic E-state index is 12.0. The van der Waals surface area contributed by atoms with Gasteiger partial charge < -0.3 is 11.1 Å². The summed E-state index contributed by atoms with van der Waals surface area (Å²) in [5, 5.41) is 2.88. The van der Waals surface area contributed by atoms with Crippen molar-refractivity contribution in [3.8, 4) is 0 Å². The Labute approximate surface area is 123 Å². The summed E-state index contributed by atoms with van der Waals surface area (Å²) in [5.74, 6) is 0.327. The van der Waals surface area contributed by atoms with Crippen LogP contribution in [0.25, 0.3) is 0 Å². The van der Waals surface area contributed by atoms with Crippen LogP contribution in [0.2, 0.25) is 0 Å². The van der Waals surface area contributed by atoms with Crippen molar-refractivity contribution in [2.45, 2.75) is 18.7 Å². The average Bonchev–Trinajstić information content (AvgIpc) is 2.42. The van der Waals surface area contributed by atoms with Gasteiger partial charge in [0.1, 0.15) is 0 Å². The first-order chi connectivity index (χ1) is 9.56. The van der Waals surface area contributed by atoms with Gasteiger partial charge in [-0.1, -0.05) is 29.8 Å². The van der Waals surface area contributed by atoms with Crippen molar-refractivity contribution in [1.82, 2.24) is 0 Å². The summed E-state index contributed by atoms with van der Waals surface area (Å²) in [6, 6.07) is 13.7. The number of carbonyl (C=O) groups is 1. The van der Waals surface area contributed by atoms with Gasteiger partial charge in [0.25, 0.3) is 0 Å². The van der Waals surface area contributed by atoms with E-state index < -0.39 is 0 Å². The molecule has 0 radical (unpaired) electrons. The van der Waals surface area contributed by atoms with Crippen LogP contribution in [-0.4, -0.2) is 11.7 Å². The first-order valence-corrected chi connectivity index (χ1v) is 7.39. The number of anilines is 2. The molecule has 1 amide bonds. The Kier molecular flexibility index (Phi) is 4.69. The molecule has 0 saturated heterocycles. The molecule has 0 atom stereocenters. The van der Waals surface area contributed by atoms with Crippen LogP contribution >= 0.6 is 11.8 Å². The lowest BCUT2D eigenvalue weighted by Gasteiger charge is -2.11. The van der Waals surface area contributed by atoms with E-state index in [1.165, 1.54) is 17.3 Å². The van der Waals surface area contributed by atoms with Crippen molar-refractivity contribution < 1.29 is 4.79 Å². The van der Waals surface area contributed by atoms with E-state index in [0.717, 1.165) is 10.5 Å². The lowest BCUT2D eigenvalue weighted by molar-refractivity contribution is -0.113. The second-order valence-corrected chi connectivity index (χ2v) is 5.74. The molecule has 0 aliphatic heterocycles. The largest absolute Gasteiger partial charge is 0.397 e. The van der Waals surface area contributed by atoms with E-state index in [1.54, 1.807) is 6.07 Å². The summed E-state index contributed by atoms with van der Waals surface area (Å²) in [6.07, 6.45) is 0. The fraction of sp³-hybridized carbons (Fsp3) is 0.188. The number of hydrogen-bond acceptors (Lipinski definition) is 3. The molecule has 0 spiro atoms. The predicted molar refractivity (Wildman–Crippen MR) is 86.1 cm³/mol. The summed E-state index contributed by atoms with van der Waals surface area (Å²) < 4.78 is 0. The van der Waals surface area contributed by atoms with Gasteiger partial charge in [-0.05, 0) is 37.6 Å². The van der Waals surface area contributed by atoms with Crippen LogP contribution in [0.5, 0.6) is 0 Å². The SMILES string of the molecule is Cc1ccc(SCC(=O)Nc2c(C)cccc2N)cc1. The molecule has 20 heavy (non-hydrogen) atoms. The van der Waals surface area contributed by atoms with Crippen molar-refractivity contribution in [2.24, 2.45) is 0 Å². The molecule has 0 saturated carbocycles. The van der Waals surface area contributed by atoms with Gasteiger partial charge in [0.15, 0.2) is 0 Å². The Bertz CT molecular complexity index is 588. The zero-order valence-electron chi connectivity index (χ0n) is 11.6. The van der Waals surface area contributed by atoms with Crippen molar-refractivity contribution in [3.05, 3.63) is 53.6 Å². The summed E-state index contributed by atoms with van der Waals surface area (Å²) in [6.45, 7) is 3.97. The van der Waals surface area contributed by atoms with Gasteiger partial charge in [-0.3, -0.25) is 4.79 Å². The van der Waals surface area contributed by atoms with Gasteiger partial charge in [-0.25, -0.2) is 0 Å². The fourth-order valence-corrected chi connectivity index (χ4v) is 2.52. The Morgan fingerprint density at radius 1 is 1.15 bits per heavy atom. The monoisotopic (exact) mass is 286 g/mol. The topological polar surface area (TPSA) is 55.1 Å². The lowest BCUT2D eigenvalue weighted by atomic mass is 10.1. The van der Waals surface area contributed by atoms with Gasteiger partial charge in [-0.2, -0.15) is 0 Å². The number of rotatable bonds is 4. The highest BCUT2D eigenvalue weighted by molar-refractivity contribution is 8.00. The second kappa shape index (κ2) is 6.48. The van der Waals surface area contributed by atoms with Crippen LogP contribution in [0.3, 0.4) is 0 Å². The number of benzene rings is 2. The zero-order chi connectivity index (χ0) is 14.5. The number of thioether (sulfide) groups is 1. The average molecular weight is 286 g/mol. The zero-order valence-corrected chi connectivity index (χ0v) is 12.5. The lowest BCUT2D eigenvalue weighted by Crippen LogP contribution is -2.16. The molecular formula is C16H18N2OS. The van der Waals surface area contributed by atoms with E-state index in [2.05, 4.69) is 5.32 Å². The van der Waals surface area contributed by atoms with E-state index in [4.69, 9.17) is 5.73 Å². The molecule has 0 aliphatic carbocycles.